The maximum atomic E-state index is 13.4. The Bertz CT molecular complexity index is 1230. The van der Waals surface area contributed by atoms with Crippen LogP contribution in [0, 0.1) is 12.7 Å². The summed E-state index contributed by atoms with van der Waals surface area (Å²) in [6, 6.07) is 17.8. The molecule has 1 atom stereocenters. The first kappa shape index (κ1) is 23.2. The number of hydrogen-bond donors (Lipinski definition) is 1. The predicted octanol–water partition coefficient (Wildman–Crippen LogP) is 5.36. The summed E-state index contributed by atoms with van der Waals surface area (Å²) in [5.41, 5.74) is 5.34. The van der Waals surface area contributed by atoms with Gasteiger partial charge in [0.25, 0.3) is 11.8 Å². The van der Waals surface area contributed by atoms with E-state index in [1.54, 1.807) is 4.90 Å². The number of carbonyl (C=O) groups is 2. The Hall–Kier alpha value is -3.54. The Morgan fingerprint density at radius 2 is 1.71 bits per heavy atom. The fourth-order valence-corrected chi connectivity index (χ4v) is 5.35. The average Bonchev–Trinajstić information content (AvgIpc) is 2.89. The lowest BCUT2D eigenvalue weighted by Crippen LogP contribution is -2.38. The number of benzene rings is 2. The number of fused-ring (bicyclic) bond motifs is 1. The Morgan fingerprint density at radius 3 is 2.49 bits per heavy atom. The number of nitrogens with one attached hydrogen (secondary N) is 1. The van der Waals surface area contributed by atoms with Crippen LogP contribution >= 0.6 is 0 Å². The van der Waals surface area contributed by atoms with Crippen LogP contribution in [0.25, 0.3) is 0 Å². The van der Waals surface area contributed by atoms with E-state index < -0.39 is 0 Å². The molecule has 1 aromatic heterocycles. The number of pyridine rings is 1. The highest BCUT2D eigenvalue weighted by Crippen LogP contribution is 2.32. The number of halogens is 1. The number of carbonyl (C=O) groups excluding carboxylic acids is 2. The highest BCUT2D eigenvalue weighted by atomic mass is 19.1. The largest absolute Gasteiger partial charge is 0.345 e. The second-order valence-corrected chi connectivity index (χ2v) is 9.58. The number of likely N-dealkylation sites (tertiary alicyclic amines) is 1. The quantitative estimate of drug-likeness (QED) is 0.558. The molecule has 0 saturated carbocycles. The summed E-state index contributed by atoms with van der Waals surface area (Å²) < 4.78 is 13.2. The van der Waals surface area contributed by atoms with Gasteiger partial charge in [0.1, 0.15) is 5.82 Å². The van der Waals surface area contributed by atoms with E-state index in [0.717, 1.165) is 43.5 Å². The van der Waals surface area contributed by atoms with E-state index >= 15 is 0 Å². The smallest absolute Gasteiger partial charge is 0.253 e. The van der Waals surface area contributed by atoms with Gasteiger partial charge in [-0.3, -0.25) is 14.6 Å². The van der Waals surface area contributed by atoms with Crippen LogP contribution in [0.2, 0.25) is 0 Å². The van der Waals surface area contributed by atoms with E-state index in [0.29, 0.717) is 24.2 Å². The van der Waals surface area contributed by atoms with Gasteiger partial charge in [-0.15, -0.1) is 0 Å². The minimum atomic E-state index is -0.353. The average molecular weight is 472 g/mol. The predicted molar refractivity (Wildman–Crippen MR) is 133 cm³/mol. The molecule has 3 aromatic rings. The van der Waals surface area contributed by atoms with Crippen LogP contribution in [0.1, 0.15) is 80.9 Å². The van der Waals surface area contributed by atoms with Gasteiger partial charge in [0.2, 0.25) is 0 Å². The van der Waals surface area contributed by atoms with Gasteiger partial charge < -0.3 is 10.2 Å². The molecular weight excluding hydrogens is 441 g/mol. The molecule has 2 heterocycles. The number of hydrogen-bond acceptors (Lipinski definition) is 3. The maximum absolute atomic E-state index is 13.4. The van der Waals surface area contributed by atoms with E-state index in [-0.39, 0.29) is 29.6 Å². The van der Waals surface area contributed by atoms with Crippen molar-refractivity contribution >= 4 is 11.8 Å². The number of piperidine rings is 1. The number of amides is 2. The van der Waals surface area contributed by atoms with Crippen molar-refractivity contribution in [2.24, 2.45) is 0 Å². The van der Waals surface area contributed by atoms with Crippen LogP contribution in [-0.4, -0.2) is 34.8 Å². The fraction of sp³-hybridized carbons (Fsp3) is 0.345. The van der Waals surface area contributed by atoms with Crippen molar-refractivity contribution in [2.45, 2.75) is 51.0 Å². The molecule has 35 heavy (non-hydrogen) atoms. The summed E-state index contributed by atoms with van der Waals surface area (Å²) >= 11 is 0. The van der Waals surface area contributed by atoms with Crippen molar-refractivity contribution in [1.82, 2.24) is 15.2 Å². The molecule has 0 spiro atoms. The lowest BCUT2D eigenvalue weighted by Gasteiger charge is -2.33. The van der Waals surface area contributed by atoms with Crippen LogP contribution in [0.5, 0.6) is 0 Å². The zero-order valence-electron chi connectivity index (χ0n) is 20.0. The number of nitrogens with zero attached hydrogens (tertiary/aromatic N) is 2. The van der Waals surface area contributed by atoms with E-state index in [2.05, 4.69) is 23.5 Å². The summed E-state index contributed by atoms with van der Waals surface area (Å²) in [4.78, 5) is 32.9. The van der Waals surface area contributed by atoms with Gasteiger partial charge in [-0.1, -0.05) is 24.3 Å². The molecule has 2 aliphatic rings. The molecule has 5 nitrogen and oxygen atoms in total. The molecule has 2 amide bonds. The highest BCUT2D eigenvalue weighted by molar-refractivity contribution is 5.96. The van der Waals surface area contributed by atoms with Crippen LogP contribution in [0.15, 0.2) is 60.7 Å². The van der Waals surface area contributed by atoms with Gasteiger partial charge in [0.05, 0.1) is 17.3 Å². The van der Waals surface area contributed by atoms with Crippen LogP contribution < -0.4 is 5.32 Å². The van der Waals surface area contributed by atoms with Crippen LogP contribution in [0.4, 0.5) is 4.39 Å². The Labute approximate surface area is 205 Å². The Morgan fingerprint density at radius 1 is 0.971 bits per heavy atom. The van der Waals surface area contributed by atoms with E-state index in [1.165, 1.54) is 35.4 Å². The summed E-state index contributed by atoms with van der Waals surface area (Å²) in [7, 11) is 0. The molecular formula is C29H30FN3O2. The van der Waals surface area contributed by atoms with Crippen molar-refractivity contribution in [3.05, 3.63) is 100 Å². The third kappa shape index (κ3) is 4.97. The van der Waals surface area contributed by atoms with Crippen LogP contribution in [-0.2, 0) is 6.42 Å². The standard InChI is InChI=1S/C29H30FN3O2/c1-19-9-14-25(28(34)32-26-8-4-6-20-5-2-3-7-24(20)26)27(31-19)21-15-17-33(18-16-21)29(35)22-10-12-23(30)13-11-22/h2-3,5,7,9-14,21,26H,4,6,8,15-18H2,1H3,(H,32,34)/t26-/m1/s1. The van der Waals surface area contributed by atoms with Gasteiger partial charge in [-0.2, -0.15) is 0 Å². The topological polar surface area (TPSA) is 62.3 Å². The fourth-order valence-electron chi connectivity index (χ4n) is 5.35. The molecule has 1 saturated heterocycles. The van der Waals surface area contributed by atoms with E-state index in [1.807, 2.05) is 25.1 Å². The molecule has 1 aliphatic heterocycles. The molecule has 180 valence electrons. The van der Waals surface area contributed by atoms with Gasteiger partial charge in [-0.25, -0.2) is 4.39 Å². The third-order valence-electron chi connectivity index (χ3n) is 7.24. The van der Waals surface area contributed by atoms with Crippen LogP contribution in [0.3, 0.4) is 0 Å². The molecule has 0 bridgehead atoms. The normalized spacial score (nSPS) is 18.1. The minimum Gasteiger partial charge on any atom is -0.345 e. The maximum Gasteiger partial charge on any atom is 0.253 e. The van der Waals surface area contributed by atoms with Gasteiger partial charge in [0, 0.05) is 30.3 Å². The number of aryl methyl sites for hydroxylation is 2. The van der Waals surface area contributed by atoms with E-state index in [4.69, 9.17) is 4.98 Å². The summed E-state index contributed by atoms with van der Waals surface area (Å²) in [6.45, 7) is 3.09. The van der Waals surface area contributed by atoms with Crippen molar-refractivity contribution in [1.29, 1.82) is 0 Å². The van der Waals surface area contributed by atoms with Gasteiger partial charge >= 0.3 is 0 Å². The second kappa shape index (κ2) is 9.98. The Balaban J connectivity index is 1.30. The summed E-state index contributed by atoms with van der Waals surface area (Å²) in [5, 5.41) is 3.27. The highest BCUT2D eigenvalue weighted by Gasteiger charge is 2.29. The summed E-state index contributed by atoms with van der Waals surface area (Å²) in [5.74, 6) is -0.423. The number of aromatic nitrogens is 1. The molecule has 1 fully saturated rings. The molecule has 5 rings (SSSR count). The third-order valence-corrected chi connectivity index (χ3v) is 7.24. The van der Waals surface area contributed by atoms with E-state index in [9.17, 15) is 14.0 Å². The first-order chi connectivity index (χ1) is 17.0. The zero-order chi connectivity index (χ0) is 24.4. The van der Waals surface area contributed by atoms with Crippen molar-refractivity contribution in [3.63, 3.8) is 0 Å². The summed E-state index contributed by atoms with van der Waals surface area (Å²) in [6.07, 6.45) is 4.50. The lowest BCUT2D eigenvalue weighted by atomic mass is 9.87. The van der Waals surface area contributed by atoms with Crippen molar-refractivity contribution in [2.75, 3.05) is 13.1 Å². The monoisotopic (exact) mass is 471 g/mol. The Kier molecular flexibility index (Phi) is 6.62. The van der Waals surface area contributed by atoms with Gasteiger partial charge in [-0.05, 0) is 86.6 Å². The molecule has 0 radical (unpaired) electrons. The molecule has 0 unspecified atom stereocenters. The van der Waals surface area contributed by atoms with Gasteiger partial charge in [0.15, 0.2) is 0 Å². The molecule has 1 N–H and O–H groups in total. The minimum absolute atomic E-state index is 0.0109. The van der Waals surface area contributed by atoms with Crippen molar-refractivity contribution in [3.8, 4) is 0 Å². The SMILES string of the molecule is Cc1ccc(C(=O)N[C@@H]2CCCc3ccccc32)c(C2CCN(C(=O)c3ccc(F)cc3)CC2)n1. The lowest BCUT2D eigenvalue weighted by molar-refractivity contribution is 0.0710. The zero-order valence-corrected chi connectivity index (χ0v) is 20.0. The van der Waals surface area contributed by atoms with Crippen molar-refractivity contribution < 1.29 is 14.0 Å². The molecule has 2 aromatic carbocycles. The molecule has 1 aliphatic carbocycles. The first-order valence-corrected chi connectivity index (χ1v) is 12.4. The first-order valence-electron chi connectivity index (χ1n) is 12.4. The number of rotatable bonds is 4. The second-order valence-electron chi connectivity index (χ2n) is 9.58. The molecule has 6 heteroatoms.